The van der Waals surface area contributed by atoms with Crippen LogP contribution in [0.1, 0.15) is 23.6 Å². The topological polar surface area (TPSA) is 70.9 Å². The number of benzene rings is 2. The summed E-state index contributed by atoms with van der Waals surface area (Å²) in [6.45, 7) is 5.60. The zero-order chi connectivity index (χ0) is 22.7. The predicted molar refractivity (Wildman–Crippen MR) is 116 cm³/mol. The van der Waals surface area contributed by atoms with E-state index in [9.17, 15) is 17.6 Å². The van der Waals surface area contributed by atoms with Crippen molar-refractivity contribution < 1.29 is 17.6 Å². The molecule has 0 spiro atoms. The van der Waals surface area contributed by atoms with Gasteiger partial charge in [-0.1, -0.05) is 30.0 Å². The first kappa shape index (κ1) is 21.7. The first-order valence-corrected chi connectivity index (χ1v) is 10.4. The van der Waals surface area contributed by atoms with Gasteiger partial charge in [-0.15, -0.1) is 0 Å². The number of rotatable bonds is 2. The van der Waals surface area contributed by atoms with Gasteiger partial charge in [-0.2, -0.15) is 13.2 Å². The second kappa shape index (κ2) is 7.54. The number of para-hydroxylation sites is 1. The average Bonchev–Trinajstić information content (AvgIpc) is 2.96. The van der Waals surface area contributed by atoms with Crippen LogP contribution in [0.4, 0.5) is 28.9 Å². The minimum absolute atomic E-state index is 0.178. The lowest BCUT2D eigenvalue weighted by atomic mass is 10.1. The molecule has 2 unspecified atom stereocenters. The maximum absolute atomic E-state index is 14.3. The van der Waals surface area contributed by atoms with Crippen LogP contribution in [-0.2, 0) is 6.18 Å². The summed E-state index contributed by atoms with van der Waals surface area (Å²) in [6.07, 6.45) is -5.59. The van der Waals surface area contributed by atoms with Gasteiger partial charge < -0.3 is 21.3 Å². The van der Waals surface area contributed by atoms with E-state index < -0.39 is 29.2 Å². The molecule has 10 heteroatoms. The fraction of sp³-hybridized carbons (Fsp3) is 0.286. The van der Waals surface area contributed by atoms with Gasteiger partial charge in [0.25, 0.3) is 0 Å². The predicted octanol–water partition coefficient (Wildman–Crippen LogP) is 4.65. The first-order chi connectivity index (χ1) is 14.5. The number of anilines is 2. The Kier molecular flexibility index (Phi) is 5.27. The molecule has 5 nitrogen and oxygen atoms in total. The summed E-state index contributed by atoms with van der Waals surface area (Å²) in [5.74, 6) is -0.928. The molecule has 0 radical (unpaired) electrons. The van der Waals surface area contributed by atoms with Crippen molar-refractivity contribution in [2.75, 3.05) is 9.80 Å². The number of hydrogen-bond donors (Lipinski definition) is 2. The molecule has 2 aliphatic heterocycles. The molecule has 0 aromatic heterocycles. The third kappa shape index (κ3) is 3.58. The number of amidine groups is 1. The largest absolute Gasteiger partial charge is 0.419 e. The van der Waals surface area contributed by atoms with Crippen LogP contribution in [0.3, 0.4) is 0 Å². The Morgan fingerprint density at radius 1 is 1.00 bits per heavy atom. The molecule has 2 aliphatic rings. The molecule has 4 N–H and O–H groups in total. The second-order valence-electron chi connectivity index (χ2n) is 7.44. The van der Waals surface area contributed by atoms with E-state index in [-0.39, 0.29) is 5.69 Å². The fourth-order valence-corrected chi connectivity index (χ4v) is 5.09. The normalized spacial score (nSPS) is 21.5. The van der Waals surface area contributed by atoms with Gasteiger partial charge in [0.1, 0.15) is 28.3 Å². The molecule has 0 amide bonds. The monoisotopic (exact) mass is 451 g/mol. The first-order valence-electron chi connectivity index (χ1n) is 9.49. The SMILES string of the molecule is CC1=NC2=C(C(N)N1c1ccc(C(F)(F)F)c(F)c1)N(c1c(C)cccc1C)C(N)S2. The molecular weight excluding hydrogens is 430 g/mol. The second-order valence-corrected chi connectivity index (χ2v) is 8.55. The molecule has 0 saturated carbocycles. The van der Waals surface area contributed by atoms with Crippen LogP contribution in [0.15, 0.2) is 52.1 Å². The van der Waals surface area contributed by atoms with E-state index >= 15 is 0 Å². The average molecular weight is 451 g/mol. The van der Waals surface area contributed by atoms with E-state index in [0.717, 1.165) is 22.9 Å². The number of thioether (sulfide) groups is 1. The van der Waals surface area contributed by atoms with E-state index in [4.69, 9.17) is 11.5 Å². The standard InChI is InChI=1S/C21H21F4N5S/c1-10-5-4-6-11(2)16(10)30-17-18(26)29(12(3)28-19(17)31-20(30)27)13-7-8-14(15(22)9-13)21(23,24)25/h4-9,18,20H,26-27H2,1-3H3. The quantitative estimate of drug-likeness (QED) is 0.651. The lowest BCUT2D eigenvalue weighted by Gasteiger charge is -2.39. The van der Waals surface area contributed by atoms with Crippen LogP contribution in [0.2, 0.25) is 0 Å². The van der Waals surface area contributed by atoms with Crippen LogP contribution in [0.5, 0.6) is 0 Å². The van der Waals surface area contributed by atoms with E-state index in [1.807, 2.05) is 36.9 Å². The number of nitrogens with two attached hydrogens (primary N) is 2. The molecule has 0 bridgehead atoms. The van der Waals surface area contributed by atoms with Gasteiger partial charge in [0, 0.05) is 11.4 Å². The summed E-state index contributed by atoms with van der Waals surface area (Å²) in [6, 6.07) is 8.61. The Hall–Kier alpha value is -2.56. The highest BCUT2D eigenvalue weighted by Gasteiger charge is 2.42. The van der Waals surface area contributed by atoms with Crippen LogP contribution in [0.25, 0.3) is 0 Å². The van der Waals surface area contributed by atoms with Crippen molar-refractivity contribution in [1.29, 1.82) is 0 Å². The van der Waals surface area contributed by atoms with Crippen molar-refractivity contribution in [3.63, 3.8) is 0 Å². The molecule has 2 heterocycles. The highest BCUT2D eigenvalue weighted by Crippen LogP contribution is 2.46. The Labute approximate surface area is 181 Å². The van der Waals surface area contributed by atoms with Crippen molar-refractivity contribution in [2.24, 2.45) is 16.5 Å². The number of halogens is 4. The Morgan fingerprint density at radius 3 is 2.23 bits per heavy atom. The van der Waals surface area contributed by atoms with Crippen LogP contribution in [-0.4, -0.2) is 17.5 Å². The van der Waals surface area contributed by atoms with Gasteiger partial charge >= 0.3 is 6.18 Å². The molecule has 0 fully saturated rings. The number of nitrogens with zero attached hydrogens (tertiary/aromatic N) is 3. The summed E-state index contributed by atoms with van der Waals surface area (Å²) < 4.78 is 53.2. The molecular formula is C21H21F4N5S. The molecule has 164 valence electrons. The molecule has 0 saturated heterocycles. The van der Waals surface area contributed by atoms with Crippen molar-refractivity contribution in [1.82, 2.24) is 0 Å². The number of aliphatic imine (C=N–C) groups is 1. The Balaban J connectivity index is 1.78. The van der Waals surface area contributed by atoms with Crippen molar-refractivity contribution in [3.05, 3.63) is 69.6 Å². The highest BCUT2D eigenvalue weighted by molar-refractivity contribution is 8.04. The Bertz CT molecular complexity index is 1090. The summed E-state index contributed by atoms with van der Waals surface area (Å²) >= 11 is 1.35. The van der Waals surface area contributed by atoms with E-state index in [2.05, 4.69) is 4.99 Å². The minimum atomic E-state index is -4.78. The third-order valence-electron chi connectivity index (χ3n) is 5.35. The van der Waals surface area contributed by atoms with Crippen molar-refractivity contribution >= 4 is 29.0 Å². The summed E-state index contributed by atoms with van der Waals surface area (Å²) in [5.41, 5.74) is 14.9. The smallest absolute Gasteiger partial charge is 0.314 e. The number of aryl methyl sites for hydroxylation is 2. The lowest BCUT2D eigenvalue weighted by Crippen LogP contribution is -2.53. The molecule has 4 rings (SSSR count). The number of alkyl halides is 3. The summed E-state index contributed by atoms with van der Waals surface area (Å²) in [4.78, 5) is 7.99. The minimum Gasteiger partial charge on any atom is -0.314 e. The molecule has 31 heavy (non-hydrogen) atoms. The van der Waals surface area contributed by atoms with Gasteiger partial charge in [0.2, 0.25) is 0 Å². The van der Waals surface area contributed by atoms with E-state index in [1.165, 1.54) is 22.7 Å². The van der Waals surface area contributed by atoms with Crippen molar-refractivity contribution in [2.45, 2.75) is 38.6 Å². The van der Waals surface area contributed by atoms with Gasteiger partial charge in [-0.25, -0.2) is 9.38 Å². The van der Waals surface area contributed by atoms with Gasteiger partial charge in [-0.05, 0) is 50.1 Å². The van der Waals surface area contributed by atoms with E-state index in [1.54, 1.807) is 6.92 Å². The van der Waals surface area contributed by atoms with Crippen LogP contribution >= 0.6 is 11.8 Å². The molecule has 2 atom stereocenters. The zero-order valence-corrected chi connectivity index (χ0v) is 17.9. The fourth-order valence-electron chi connectivity index (χ4n) is 4.01. The third-order valence-corrected chi connectivity index (χ3v) is 6.33. The molecule has 2 aromatic rings. The van der Waals surface area contributed by atoms with Crippen molar-refractivity contribution in [3.8, 4) is 0 Å². The summed E-state index contributed by atoms with van der Waals surface area (Å²) in [5, 5.41) is 0.642. The summed E-state index contributed by atoms with van der Waals surface area (Å²) in [7, 11) is 0. The molecule has 0 aliphatic carbocycles. The molecule has 2 aromatic carbocycles. The lowest BCUT2D eigenvalue weighted by molar-refractivity contribution is -0.139. The Morgan fingerprint density at radius 2 is 1.65 bits per heavy atom. The van der Waals surface area contributed by atoms with E-state index in [0.29, 0.717) is 22.6 Å². The zero-order valence-electron chi connectivity index (χ0n) is 17.0. The van der Waals surface area contributed by atoms with Crippen LogP contribution < -0.4 is 21.3 Å². The van der Waals surface area contributed by atoms with Gasteiger partial charge in [0.15, 0.2) is 0 Å². The maximum atomic E-state index is 14.3. The maximum Gasteiger partial charge on any atom is 0.419 e. The highest BCUT2D eigenvalue weighted by atomic mass is 32.2. The number of hydrogen-bond acceptors (Lipinski definition) is 6. The van der Waals surface area contributed by atoms with Crippen LogP contribution in [0, 0.1) is 19.7 Å². The van der Waals surface area contributed by atoms with Gasteiger partial charge in [-0.3, -0.25) is 0 Å². The van der Waals surface area contributed by atoms with Gasteiger partial charge in [0.05, 0.1) is 11.3 Å².